The molecule has 0 atom stereocenters. The average Bonchev–Trinajstić information content (AvgIpc) is 2.34. The molecule has 0 unspecified atom stereocenters. The van der Waals surface area contributed by atoms with Crippen molar-refractivity contribution < 1.29 is 17.9 Å². The molecular formula is C12H7BrCl2FNO3S. The fourth-order valence-corrected chi connectivity index (χ4v) is 4.11. The van der Waals surface area contributed by atoms with Crippen LogP contribution in [0.25, 0.3) is 0 Å². The molecule has 0 spiro atoms. The Hall–Kier alpha value is -1.02. The minimum Gasteiger partial charge on any atom is -0.505 e. The van der Waals surface area contributed by atoms with E-state index in [1.165, 1.54) is 12.1 Å². The monoisotopic (exact) mass is 413 g/mol. The smallest absolute Gasteiger partial charge is 0.263 e. The van der Waals surface area contributed by atoms with Crippen molar-refractivity contribution in [2.75, 3.05) is 4.72 Å². The molecule has 2 aromatic carbocycles. The van der Waals surface area contributed by atoms with Crippen LogP contribution in [-0.2, 0) is 10.0 Å². The lowest BCUT2D eigenvalue weighted by atomic mass is 10.3. The fourth-order valence-electron chi connectivity index (χ4n) is 1.53. The van der Waals surface area contributed by atoms with E-state index in [9.17, 15) is 17.9 Å². The third-order valence-electron chi connectivity index (χ3n) is 2.45. The van der Waals surface area contributed by atoms with Crippen LogP contribution in [0.4, 0.5) is 10.1 Å². The number of nitrogens with one attached hydrogen (secondary N) is 1. The van der Waals surface area contributed by atoms with E-state index in [1.807, 2.05) is 0 Å². The SMILES string of the molecule is O=S(=O)(Nc1cc(Cl)c(O)c(Cl)c1)c1ccc(F)cc1Br. The summed E-state index contributed by atoms with van der Waals surface area (Å²) in [4.78, 5) is -0.149. The van der Waals surface area contributed by atoms with E-state index in [0.29, 0.717) is 0 Å². The summed E-state index contributed by atoms with van der Waals surface area (Å²) in [6, 6.07) is 5.59. The van der Waals surface area contributed by atoms with Gasteiger partial charge in [-0.3, -0.25) is 4.72 Å². The molecule has 0 amide bonds. The number of phenolic OH excluding ortho intramolecular Hbond substituents is 1. The molecule has 2 rings (SSSR count). The van der Waals surface area contributed by atoms with Gasteiger partial charge in [0.05, 0.1) is 15.7 Å². The molecule has 0 radical (unpaired) electrons. The van der Waals surface area contributed by atoms with Crippen LogP contribution < -0.4 is 4.72 Å². The molecule has 2 aromatic rings. The Morgan fingerprint density at radius 1 is 1.14 bits per heavy atom. The first-order valence-electron chi connectivity index (χ1n) is 5.36. The van der Waals surface area contributed by atoms with Crippen molar-refractivity contribution >= 4 is 54.8 Å². The number of hydrogen-bond acceptors (Lipinski definition) is 3. The molecule has 0 saturated heterocycles. The molecule has 4 nitrogen and oxygen atoms in total. The maximum atomic E-state index is 13.0. The normalized spacial score (nSPS) is 11.4. The van der Waals surface area contributed by atoms with Crippen LogP contribution in [0.5, 0.6) is 5.75 Å². The average molecular weight is 415 g/mol. The van der Waals surface area contributed by atoms with Crippen LogP contribution in [-0.4, -0.2) is 13.5 Å². The van der Waals surface area contributed by atoms with E-state index < -0.39 is 15.8 Å². The largest absolute Gasteiger partial charge is 0.505 e. The number of anilines is 1. The minimum absolute atomic E-state index is 0.0685. The first-order valence-corrected chi connectivity index (χ1v) is 8.40. The van der Waals surface area contributed by atoms with Crippen LogP contribution in [0.2, 0.25) is 10.0 Å². The van der Waals surface area contributed by atoms with Gasteiger partial charge in [0.2, 0.25) is 0 Å². The van der Waals surface area contributed by atoms with E-state index >= 15 is 0 Å². The molecule has 2 N–H and O–H groups in total. The van der Waals surface area contributed by atoms with Crippen molar-refractivity contribution in [1.29, 1.82) is 0 Å². The van der Waals surface area contributed by atoms with Gasteiger partial charge >= 0.3 is 0 Å². The molecule has 0 bridgehead atoms. The van der Waals surface area contributed by atoms with Gasteiger partial charge in [0.1, 0.15) is 10.7 Å². The molecule has 0 saturated carbocycles. The van der Waals surface area contributed by atoms with Crippen LogP contribution in [0.1, 0.15) is 0 Å². The maximum Gasteiger partial charge on any atom is 0.263 e. The van der Waals surface area contributed by atoms with Gasteiger partial charge < -0.3 is 5.11 Å². The lowest BCUT2D eigenvalue weighted by molar-refractivity contribution is 0.476. The maximum absolute atomic E-state index is 13.0. The predicted molar refractivity (Wildman–Crippen MR) is 83.0 cm³/mol. The molecule has 0 aliphatic carbocycles. The van der Waals surface area contributed by atoms with Gasteiger partial charge in [0.15, 0.2) is 5.75 Å². The number of sulfonamides is 1. The summed E-state index contributed by atoms with van der Waals surface area (Å²) in [5.74, 6) is -0.916. The number of benzene rings is 2. The summed E-state index contributed by atoms with van der Waals surface area (Å²) in [5, 5.41) is 9.23. The second-order valence-corrected chi connectivity index (χ2v) is 7.29. The number of halogens is 4. The molecule has 112 valence electrons. The highest BCUT2D eigenvalue weighted by atomic mass is 79.9. The van der Waals surface area contributed by atoms with Gasteiger partial charge in [-0.05, 0) is 46.3 Å². The number of hydrogen-bond donors (Lipinski definition) is 2. The third-order valence-corrected chi connectivity index (χ3v) is 5.39. The summed E-state index contributed by atoms with van der Waals surface area (Å²) >= 11 is 14.4. The van der Waals surface area contributed by atoms with Gasteiger partial charge in [0, 0.05) is 4.47 Å². The van der Waals surface area contributed by atoms with Gasteiger partial charge in [-0.25, -0.2) is 12.8 Å². The minimum atomic E-state index is -3.97. The topological polar surface area (TPSA) is 66.4 Å². The third kappa shape index (κ3) is 3.60. The Balaban J connectivity index is 2.42. The van der Waals surface area contributed by atoms with Gasteiger partial charge in [0.25, 0.3) is 10.0 Å². The summed E-state index contributed by atoms with van der Waals surface area (Å²) in [5.41, 5.74) is 0.0685. The second-order valence-electron chi connectivity index (χ2n) is 3.97. The Morgan fingerprint density at radius 2 is 1.71 bits per heavy atom. The van der Waals surface area contributed by atoms with E-state index in [2.05, 4.69) is 20.7 Å². The standard InChI is InChI=1S/C12H7BrCl2FNO3S/c13-8-3-6(16)1-2-11(8)21(19,20)17-7-4-9(14)12(18)10(15)5-7/h1-5,17-18H. The zero-order chi connectivity index (χ0) is 15.8. The van der Waals surface area contributed by atoms with Crippen molar-refractivity contribution in [3.05, 3.63) is 50.7 Å². The number of rotatable bonds is 3. The van der Waals surface area contributed by atoms with Crippen molar-refractivity contribution in [3.63, 3.8) is 0 Å². The van der Waals surface area contributed by atoms with Crippen molar-refractivity contribution in [2.45, 2.75) is 4.90 Å². The van der Waals surface area contributed by atoms with Gasteiger partial charge in [-0.2, -0.15) is 0 Å². The number of aromatic hydroxyl groups is 1. The van der Waals surface area contributed by atoms with Crippen molar-refractivity contribution in [3.8, 4) is 5.75 Å². The van der Waals surface area contributed by atoms with E-state index in [0.717, 1.165) is 18.2 Å². The van der Waals surface area contributed by atoms with Crippen molar-refractivity contribution in [2.24, 2.45) is 0 Å². The molecular weight excluding hydrogens is 408 g/mol. The molecule has 0 aliphatic heterocycles. The second kappa shape index (κ2) is 6.00. The molecule has 0 fully saturated rings. The Labute approximate surface area is 138 Å². The summed E-state index contributed by atoms with van der Waals surface area (Å²) < 4.78 is 39.8. The van der Waals surface area contributed by atoms with Gasteiger partial charge in [-0.15, -0.1) is 0 Å². The first-order chi connectivity index (χ1) is 9.70. The van der Waals surface area contributed by atoms with Crippen LogP contribution >= 0.6 is 39.1 Å². The summed E-state index contributed by atoms with van der Waals surface area (Å²) in [7, 11) is -3.97. The summed E-state index contributed by atoms with van der Waals surface area (Å²) in [6.45, 7) is 0. The fraction of sp³-hybridized carbons (Fsp3) is 0. The summed E-state index contributed by atoms with van der Waals surface area (Å²) in [6.07, 6.45) is 0. The Morgan fingerprint density at radius 3 is 2.24 bits per heavy atom. The number of phenols is 1. The Kier molecular flexibility index (Phi) is 4.67. The zero-order valence-corrected chi connectivity index (χ0v) is 14.0. The zero-order valence-electron chi connectivity index (χ0n) is 10.1. The molecule has 0 aliphatic rings. The van der Waals surface area contributed by atoms with Gasteiger partial charge in [-0.1, -0.05) is 23.2 Å². The lowest BCUT2D eigenvalue weighted by Crippen LogP contribution is -2.13. The molecule has 0 heterocycles. The Bertz CT molecular complexity index is 791. The van der Waals surface area contributed by atoms with Crippen LogP contribution in [0.15, 0.2) is 39.7 Å². The van der Waals surface area contributed by atoms with E-state index in [-0.39, 0.29) is 30.9 Å². The quantitative estimate of drug-likeness (QED) is 0.731. The molecule has 9 heteroatoms. The highest BCUT2D eigenvalue weighted by Crippen LogP contribution is 2.35. The van der Waals surface area contributed by atoms with Crippen LogP contribution in [0.3, 0.4) is 0 Å². The van der Waals surface area contributed by atoms with E-state index in [1.54, 1.807) is 0 Å². The predicted octanol–water partition coefficient (Wildman–Crippen LogP) is 4.40. The lowest BCUT2D eigenvalue weighted by Gasteiger charge is -2.11. The van der Waals surface area contributed by atoms with E-state index in [4.69, 9.17) is 23.2 Å². The molecule has 0 aromatic heterocycles. The van der Waals surface area contributed by atoms with Crippen LogP contribution in [0, 0.1) is 5.82 Å². The highest BCUT2D eigenvalue weighted by Gasteiger charge is 2.19. The first kappa shape index (κ1) is 16.4. The highest BCUT2D eigenvalue weighted by molar-refractivity contribution is 9.10. The molecule has 21 heavy (non-hydrogen) atoms. The van der Waals surface area contributed by atoms with Crippen molar-refractivity contribution in [1.82, 2.24) is 0 Å².